The van der Waals surface area contributed by atoms with Crippen LogP contribution in [0.4, 0.5) is 0 Å². The molecule has 0 aliphatic rings. The smallest absolute Gasteiger partial charge is 0.426 e. The van der Waals surface area contributed by atoms with Gasteiger partial charge in [0.2, 0.25) is 11.8 Å². The lowest BCUT2D eigenvalue weighted by Gasteiger charge is -2.22. The Morgan fingerprint density at radius 2 is 1.82 bits per heavy atom. The SMILES string of the molecule is CC(=O)NC(CC(=O)NC(Cc1cccc(C)c1)B(O)O)c1cccc(Cl)c1. The van der Waals surface area contributed by atoms with Crippen molar-refractivity contribution in [3.8, 4) is 0 Å². The molecule has 4 N–H and O–H groups in total. The fraction of sp³-hybridized carbons (Fsp3) is 0.300. The summed E-state index contributed by atoms with van der Waals surface area (Å²) in [6.45, 7) is 3.31. The monoisotopic (exact) mass is 402 g/mol. The molecule has 2 rings (SSSR count). The van der Waals surface area contributed by atoms with Crippen molar-refractivity contribution in [3.05, 3.63) is 70.2 Å². The molecule has 6 nitrogen and oxygen atoms in total. The second-order valence-electron chi connectivity index (χ2n) is 6.79. The number of aryl methyl sites for hydroxylation is 1. The van der Waals surface area contributed by atoms with Crippen LogP contribution in [0, 0.1) is 6.92 Å². The van der Waals surface area contributed by atoms with E-state index in [1.807, 2.05) is 31.2 Å². The predicted octanol–water partition coefficient (Wildman–Crippen LogP) is 1.96. The highest BCUT2D eigenvalue weighted by atomic mass is 35.5. The third-order valence-electron chi connectivity index (χ3n) is 4.26. The molecule has 2 unspecified atom stereocenters. The van der Waals surface area contributed by atoms with Gasteiger partial charge in [0.1, 0.15) is 0 Å². The Hall–Kier alpha value is -2.35. The highest BCUT2D eigenvalue weighted by Gasteiger charge is 2.27. The van der Waals surface area contributed by atoms with E-state index in [0.717, 1.165) is 11.1 Å². The molecule has 0 bridgehead atoms. The van der Waals surface area contributed by atoms with Crippen LogP contribution in [0.3, 0.4) is 0 Å². The molecule has 8 heteroatoms. The number of carbonyl (C=O) groups is 2. The lowest BCUT2D eigenvalue weighted by molar-refractivity contribution is -0.123. The fourth-order valence-electron chi connectivity index (χ4n) is 3.00. The molecular weight excluding hydrogens is 378 g/mol. The van der Waals surface area contributed by atoms with Crippen molar-refractivity contribution in [2.75, 3.05) is 0 Å². The van der Waals surface area contributed by atoms with Crippen LogP contribution in [0.5, 0.6) is 0 Å². The Morgan fingerprint density at radius 3 is 2.43 bits per heavy atom. The largest absolute Gasteiger partial charge is 0.475 e. The summed E-state index contributed by atoms with van der Waals surface area (Å²) >= 11 is 6.01. The number of amides is 2. The molecule has 0 heterocycles. The Kier molecular flexibility index (Phi) is 8.05. The van der Waals surface area contributed by atoms with Crippen molar-refractivity contribution >= 4 is 30.5 Å². The molecule has 0 fully saturated rings. The molecule has 0 saturated carbocycles. The van der Waals surface area contributed by atoms with Crippen LogP contribution in [0.15, 0.2) is 48.5 Å². The van der Waals surface area contributed by atoms with Crippen LogP contribution < -0.4 is 10.6 Å². The van der Waals surface area contributed by atoms with Crippen LogP contribution in [0.25, 0.3) is 0 Å². The zero-order chi connectivity index (χ0) is 20.7. The van der Waals surface area contributed by atoms with Gasteiger partial charge in [-0.15, -0.1) is 0 Å². The van der Waals surface area contributed by atoms with E-state index in [4.69, 9.17) is 11.6 Å². The lowest BCUT2D eigenvalue weighted by Crippen LogP contribution is -2.48. The van der Waals surface area contributed by atoms with Gasteiger partial charge in [-0.05, 0) is 36.6 Å². The summed E-state index contributed by atoms with van der Waals surface area (Å²) in [5.74, 6) is -1.56. The predicted molar refractivity (Wildman–Crippen MR) is 110 cm³/mol. The number of nitrogens with one attached hydrogen (secondary N) is 2. The van der Waals surface area contributed by atoms with E-state index in [0.29, 0.717) is 10.6 Å². The van der Waals surface area contributed by atoms with E-state index in [1.165, 1.54) is 6.92 Å². The summed E-state index contributed by atoms with van der Waals surface area (Å²) in [5.41, 5.74) is 2.62. The van der Waals surface area contributed by atoms with Crippen LogP contribution in [-0.2, 0) is 16.0 Å². The molecule has 0 aliphatic heterocycles. The van der Waals surface area contributed by atoms with Gasteiger partial charge in [-0.3, -0.25) is 9.59 Å². The van der Waals surface area contributed by atoms with E-state index in [9.17, 15) is 19.6 Å². The van der Waals surface area contributed by atoms with Gasteiger partial charge in [0, 0.05) is 11.9 Å². The van der Waals surface area contributed by atoms with E-state index < -0.39 is 25.0 Å². The molecule has 0 radical (unpaired) electrons. The maximum absolute atomic E-state index is 12.5. The Bertz CT molecular complexity index is 831. The van der Waals surface area contributed by atoms with Gasteiger partial charge in [0.15, 0.2) is 0 Å². The van der Waals surface area contributed by atoms with Crippen LogP contribution >= 0.6 is 11.6 Å². The first-order chi connectivity index (χ1) is 13.2. The van der Waals surface area contributed by atoms with E-state index in [2.05, 4.69) is 10.6 Å². The molecular formula is C20H24BClN2O4. The summed E-state index contributed by atoms with van der Waals surface area (Å²) in [4.78, 5) is 24.1. The summed E-state index contributed by atoms with van der Waals surface area (Å²) < 4.78 is 0. The Balaban J connectivity index is 2.09. The van der Waals surface area contributed by atoms with Gasteiger partial charge in [-0.25, -0.2) is 0 Å². The molecule has 148 valence electrons. The van der Waals surface area contributed by atoms with Crippen molar-refractivity contribution in [1.29, 1.82) is 0 Å². The molecule has 0 aliphatic carbocycles. The summed E-state index contributed by atoms with van der Waals surface area (Å²) in [5, 5.41) is 25.2. The zero-order valence-corrected chi connectivity index (χ0v) is 16.6. The Morgan fingerprint density at radius 1 is 1.11 bits per heavy atom. The minimum atomic E-state index is -1.71. The standard InChI is InChI=1S/C20H24BClN2O4/c1-13-5-3-6-15(9-13)10-19(21(27)28)24-20(26)12-18(23-14(2)25)16-7-4-8-17(22)11-16/h3-9,11,18-19,27-28H,10,12H2,1-2H3,(H,23,25)(H,24,26). The number of hydrogen-bond donors (Lipinski definition) is 4. The second-order valence-corrected chi connectivity index (χ2v) is 7.23. The van der Waals surface area contributed by atoms with Crippen molar-refractivity contribution in [2.24, 2.45) is 0 Å². The van der Waals surface area contributed by atoms with Crippen LogP contribution in [0.1, 0.15) is 36.1 Å². The second kappa shape index (κ2) is 10.3. The average Bonchev–Trinajstić information content (AvgIpc) is 2.60. The molecule has 2 aromatic carbocycles. The number of hydrogen-bond acceptors (Lipinski definition) is 4. The third kappa shape index (κ3) is 7.00. The highest BCUT2D eigenvalue weighted by Crippen LogP contribution is 2.21. The minimum Gasteiger partial charge on any atom is -0.426 e. The van der Waals surface area contributed by atoms with Crippen LogP contribution in [0.2, 0.25) is 5.02 Å². The van der Waals surface area contributed by atoms with Crippen molar-refractivity contribution in [1.82, 2.24) is 10.6 Å². The number of benzene rings is 2. The van der Waals surface area contributed by atoms with Gasteiger partial charge in [-0.2, -0.15) is 0 Å². The summed E-state index contributed by atoms with van der Waals surface area (Å²) in [6.07, 6.45) is 0.212. The number of halogens is 1. The molecule has 0 aromatic heterocycles. The molecule has 28 heavy (non-hydrogen) atoms. The molecule has 2 aromatic rings. The van der Waals surface area contributed by atoms with E-state index in [1.54, 1.807) is 24.3 Å². The topological polar surface area (TPSA) is 98.7 Å². The maximum Gasteiger partial charge on any atom is 0.475 e. The van der Waals surface area contributed by atoms with Gasteiger partial charge >= 0.3 is 7.12 Å². The normalized spacial score (nSPS) is 12.8. The quantitative estimate of drug-likeness (QED) is 0.507. The zero-order valence-electron chi connectivity index (χ0n) is 15.9. The summed E-state index contributed by atoms with van der Waals surface area (Å²) in [7, 11) is -1.71. The average molecular weight is 403 g/mol. The third-order valence-corrected chi connectivity index (χ3v) is 4.50. The van der Waals surface area contributed by atoms with Crippen LogP contribution in [-0.4, -0.2) is 34.9 Å². The highest BCUT2D eigenvalue weighted by molar-refractivity contribution is 6.43. The first-order valence-corrected chi connectivity index (χ1v) is 9.36. The van der Waals surface area contributed by atoms with E-state index >= 15 is 0 Å². The molecule has 2 amide bonds. The molecule has 0 spiro atoms. The first-order valence-electron chi connectivity index (χ1n) is 8.98. The lowest BCUT2D eigenvalue weighted by atomic mass is 9.75. The Labute approximate surface area is 170 Å². The summed E-state index contributed by atoms with van der Waals surface area (Å²) in [6, 6.07) is 13.9. The molecule has 2 atom stereocenters. The van der Waals surface area contributed by atoms with Crippen molar-refractivity contribution in [3.63, 3.8) is 0 Å². The van der Waals surface area contributed by atoms with Crippen molar-refractivity contribution < 1.29 is 19.6 Å². The van der Waals surface area contributed by atoms with E-state index in [-0.39, 0.29) is 18.7 Å². The minimum absolute atomic E-state index is 0.0586. The maximum atomic E-state index is 12.5. The van der Waals surface area contributed by atoms with Gasteiger partial charge < -0.3 is 20.7 Å². The van der Waals surface area contributed by atoms with Crippen molar-refractivity contribution in [2.45, 2.75) is 38.7 Å². The first kappa shape index (κ1) is 21.9. The van der Waals surface area contributed by atoms with Gasteiger partial charge in [0.05, 0.1) is 18.4 Å². The molecule has 0 saturated heterocycles. The fourth-order valence-corrected chi connectivity index (χ4v) is 3.19. The van der Waals surface area contributed by atoms with Gasteiger partial charge in [0.25, 0.3) is 0 Å². The number of carbonyl (C=O) groups excluding carboxylic acids is 2. The van der Waals surface area contributed by atoms with Gasteiger partial charge in [-0.1, -0.05) is 53.6 Å². The number of rotatable bonds is 8.